The van der Waals surface area contributed by atoms with E-state index in [2.05, 4.69) is 5.32 Å². The van der Waals surface area contributed by atoms with Crippen LogP contribution in [0.1, 0.15) is 24.5 Å². The summed E-state index contributed by atoms with van der Waals surface area (Å²) >= 11 is 0. The van der Waals surface area contributed by atoms with Crippen LogP contribution in [0.2, 0.25) is 0 Å². The van der Waals surface area contributed by atoms with E-state index in [4.69, 9.17) is 14.2 Å². The average Bonchev–Trinajstić information content (AvgIpc) is 3.42. The Balaban J connectivity index is 1.46. The number of nitrogens with one attached hydrogen (secondary N) is 1. The number of imide groups is 1. The van der Waals surface area contributed by atoms with Crippen molar-refractivity contribution in [1.82, 2.24) is 4.90 Å². The molecule has 2 amide bonds. The summed E-state index contributed by atoms with van der Waals surface area (Å²) in [5.74, 6) is 1.22. The molecule has 172 valence electrons. The van der Waals surface area contributed by atoms with Crippen LogP contribution in [0.4, 0.5) is 5.69 Å². The second-order valence-electron chi connectivity index (χ2n) is 8.00. The first kappa shape index (κ1) is 21.6. The van der Waals surface area contributed by atoms with Crippen LogP contribution in [0, 0.1) is 0 Å². The van der Waals surface area contributed by atoms with Crippen molar-refractivity contribution in [2.75, 3.05) is 18.7 Å². The molecule has 0 spiro atoms. The van der Waals surface area contributed by atoms with Gasteiger partial charge in [0, 0.05) is 11.8 Å². The topological polar surface area (TPSA) is 77.1 Å². The standard InChI is InChI=1S/C27H24N2O5/c1-2-13-32-21-10-6-9-20(15-21)28-25-24(19-7-4-3-5-8-19)26(30)29(27(25)31)16-18-11-12-22-23(14-18)34-17-33-22/h3-12,14-15,28H,2,13,16-17H2,1H3. The van der Waals surface area contributed by atoms with Gasteiger partial charge >= 0.3 is 0 Å². The number of rotatable bonds is 8. The van der Waals surface area contributed by atoms with Crippen LogP contribution in [0.5, 0.6) is 17.2 Å². The fourth-order valence-corrected chi connectivity index (χ4v) is 3.96. The van der Waals surface area contributed by atoms with Crippen molar-refractivity contribution < 1.29 is 23.8 Å². The fourth-order valence-electron chi connectivity index (χ4n) is 3.96. The summed E-state index contributed by atoms with van der Waals surface area (Å²) in [5.41, 5.74) is 2.70. The Morgan fingerprint density at radius 1 is 0.912 bits per heavy atom. The molecule has 2 aliphatic rings. The summed E-state index contributed by atoms with van der Waals surface area (Å²) in [6.07, 6.45) is 0.892. The zero-order valence-corrected chi connectivity index (χ0v) is 18.7. The third-order valence-corrected chi connectivity index (χ3v) is 5.58. The van der Waals surface area contributed by atoms with E-state index < -0.39 is 0 Å². The molecule has 0 unspecified atom stereocenters. The van der Waals surface area contributed by atoms with Gasteiger partial charge in [0.15, 0.2) is 11.5 Å². The van der Waals surface area contributed by atoms with Crippen LogP contribution in [-0.4, -0.2) is 30.1 Å². The lowest BCUT2D eigenvalue weighted by Crippen LogP contribution is -2.32. The highest BCUT2D eigenvalue weighted by molar-refractivity contribution is 6.36. The lowest BCUT2D eigenvalue weighted by atomic mass is 10.0. The van der Waals surface area contributed by atoms with Crippen LogP contribution < -0.4 is 19.5 Å². The molecule has 7 nitrogen and oxygen atoms in total. The van der Waals surface area contributed by atoms with Gasteiger partial charge in [-0.05, 0) is 41.8 Å². The Labute approximate surface area is 197 Å². The Bertz CT molecular complexity index is 1270. The third kappa shape index (κ3) is 4.20. The fraction of sp³-hybridized carbons (Fsp3) is 0.185. The van der Waals surface area contributed by atoms with E-state index in [0.29, 0.717) is 40.7 Å². The largest absolute Gasteiger partial charge is 0.494 e. The Morgan fingerprint density at radius 3 is 2.56 bits per heavy atom. The van der Waals surface area contributed by atoms with Crippen LogP contribution >= 0.6 is 0 Å². The van der Waals surface area contributed by atoms with Gasteiger partial charge in [-0.3, -0.25) is 14.5 Å². The van der Waals surface area contributed by atoms with Crippen molar-refractivity contribution in [1.29, 1.82) is 0 Å². The van der Waals surface area contributed by atoms with Gasteiger partial charge in [0.25, 0.3) is 11.8 Å². The van der Waals surface area contributed by atoms with Crippen LogP contribution in [-0.2, 0) is 16.1 Å². The van der Waals surface area contributed by atoms with Crippen LogP contribution in [0.25, 0.3) is 5.57 Å². The summed E-state index contributed by atoms with van der Waals surface area (Å²) in [5, 5.41) is 3.19. The second kappa shape index (κ2) is 9.31. The van der Waals surface area contributed by atoms with Crippen molar-refractivity contribution in [2.45, 2.75) is 19.9 Å². The summed E-state index contributed by atoms with van der Waals surface area (Å²) in [6, 6.07) is 22.0. The molecule has 5 rings (SSSR count). The van der Waals surface area contributed by atoms with E-state index in [1.165, 1.54) is 4.90 Å². The molecule has 1 N–H and O–H groups in total. The van der Waals surface area contributed by atoms with Gasteiger partial charge in [0.05, 0.1) is 18.7 Å². The molecule has 0 aliphatic carbocycles. The number of benzene rings is 3. The van der Waals surface area contributed by atoms with E-state index in [-0.39, 0.29) is 30.8 Å². The van der Waals surface area contributed by atoms with Gasteiger partial charge in [-0.25, -0.2) is 0 Å². The average molecular weight is 456 g/mol. The molecule has 0 aromatic heterocycles. The Kier molecular flexibility index (Phi) is 5.91. The summed E-state index contributed by atoms with van der Waals surface area (Å²) in [7, 11) is 0. The van der Waals surface area contributed by atoms with E-state index in [1.807, 2.05) is 67.6 Å². The smallest absolute Gasteiger partial charge is 0.278 e. The summed E-state index contributed by atoms with van der Waals surface area (Å²) in [6.45, 7) is 2.92. The molecule has 2 aliphatic heterocycles. The molecule has 3 aromatic rings. The number of amides is 2. The molecule has 0 saturated heterocycles. The molecule has 2 heterocycles. The summed E-state index contributed by atoms with van der Waals surface area (Å²) < 4.78 is 16.5. The molecule has 0 saturated carbocycles. The monoisotopic (exact) mass is 456 g/mol. The van der Waals surface area contributed by atoms with E-state index in [1.54, 1.807) is 12.1 Å². The quantitative estimate of drug-likeness (QED) is 0.500. The minimum Gasteiger partial charge on any atom is -0.494 e. The normalized spacial score (nSPS) is 14.7. The molecule has 3 aromatic carbocycles. The highest BCUT2D eigenvalue weighted by Gasteiger charge is 2.39. The highest BCUT2D eigenvalue weighted by Crippen LogP contribution is 2.35. The number of anilines is 1. The lowest BCUT2D eigenvalue weighted by Gasteiger charge is -2.16. The summed E-state index contributed by atoms with van der Waals surface area (Å²) in [4.78, 5) is 28.2. The number of carbonyl (C=O) groups is 2. The molecule has 34 heavy (non-hydrogen) atoms. The molecular formula is C27H24N2O5. The number of fused-ring (bicyclic) bond motifs is 1. The molecule has 0 atom stereocenters. The number of hydrogen-bond donors (Lipinski definition) is 1. The molecule has 0 fully saturated rings. The van der Waals surface area contributed by atoms with Gasteiger partial charge in [-0.1, -0.05) is 49.4 Å². The first-order valence-electron chi connectivity index (χ1n) is 11.2. The highest BCUT2D eigenvalue weighted by atomic mass is 16.7. The SMILES string of the molecule is CCCOc1cccc(NC2=C(c3ccccc3)C(=O)N(Cc3ccc4c(c3)OCO4)C2=O)c1. The van der Waals surface area contributed by atoms with Crippen molar-refractivity contribution in [3.05, 3.63) is 89.6 Å². The van der Waals surface area contributed by atoms with Crippen molar-refractivity contribution >= 4 is 23.1 Å². The van der Waals surface area contributed by atoms with E-state index in [0.717, 1.165) is 12.0 Å². The number of ether oxygens (including phenoxy) is 3. The zero-order chi connectivity index (χ0) is 23.5. The van der Waals surface area contributed by atoms with Crippen molar-refractivity contribution in [3.8, 4) is 17.2 Å². The van der Waals surface area contributed by atoms with E-state index in [9.17, 15) is 9.59 Å². The van der Waals surface area contributed by atoms with Crippen molar-refractivity contribution in [3.63, 3.8) is 0 Å². The predicted octanol–water partition coefficient (Wildman–Crippen LogP) is 4.60. The molecule has 0 radical (unpaired) electrons. The Hall–Kier alpha value is -4.26. The molecular weight excluding hydrogens is 432 g/mol. The van der Waals surface area contributed by atoms with Crippen LogP contribution in [0.3, 0.4) is 0 Å². The lowest BCUT2D eigenvalue weighted by molar-refractivity contribution is -0.137. The minimum absolute atomic E-state index is 0.121. The van der Waals surface area contributed by atoms with Crippen LogP contribution in [0.15, 0.2) is 78.5 Å². The Morgan fingerprint density at radius 2 is 1.74 bits per heavy atom. The van der Waals surface area contributed by atoms with Gasteiger partial charge < -0.3 is 19.5 Å². The predicted molar refractivity (Wildman–Crippen MR) is 127 cm³/mol. The van der Waals surface area contributed by atoms with Gasteiger partial charge in [0.2, 0.25) is 6.79 Å². The van der Waals surface area contributed by atoms with Crippen molar-refractivity contribution in [2.24, 2.45) is 0 Å². The maximum atomic E-state index is 13.5. The maximum Gasteiger partial charge on any atom is 0.278 e. The second-order valence-corrected chi connectivity index (χ2v) is 8.00. The first-order valence-corrected chi connectivity index (χ1v) is 11.2. The van der Waals surface area contributed by atoms with Gasteiger partial charge in [-0.15, -0.1) is 0 Å². The zero-order valence-electron chi connectivity index (χ0n) is 18.7. The number of hydrogen-bond acceptors (Lipinski definition) is 6. The maximum absolute atomic E-state index is 13.5. The first-order chi connectivity index (χ1) is 16.6. The van der Waals surface area contributed by atoms with Gasteiger partial charge in [0.1, 0.15) is 11.4 Å². The number of nitrogens with zero attached hydrogens (tertiary/aromatic N) is 1. The number of carbonyl (C=O) groups excluding carboxylic acids is 2. The van der Waals surface area contributed by atoms with Gasteiger partial charge in [-0.2, -0.15) is 0 Å². The molecule has 7 heteroatoms. The minimum atomic E-state index is -0.388. The molecule has 0 bridgehead atoms. The van der Waals surface area contributed by atoms with E-state index >= 15 is 0 Å². The third-order valence-electron chi connectivity index (χ3n) is 5.58.